The van der Waals surface area contributed by atoms with Crippen LogP contribution < -0.4 is 5.32 Å². The van der Waals surface area contributed by atoms with E-state index in [4.69, 9.17) is 0 Å². The second kappa shape index (κ2) is 4.11. The van der Waals surface area contributed by atoms with Crippen molar-refractivity contribution in [2.45, 2.75) is 12.6 Å². The number of aromatic nitrogens is 4. The zero-order valence-corrected chi connectivity index (χ0v) is 9.25. The molecule has 2 aromatic rings. The van der Waals surface area contributed by atoms with Crippen LogP contribution >= 0.6 is 0 Å². The first-order chi connectivity index (χ1) is 8.77. The molecular formula is C11H9N5O2. The highest BCUT2D eigenvalue weighted by molar-refractivity contribution is 6.29. The van der Waals surface area contributed by atoms with Gasteiger partial charge in [-0.05, 0) is 0 Å². The molecule has 0 radical (unpaired) electrons. The van der Waals surface area contributed by atoms with Crippen molar-refractivity contribution in [3.05, 3.63) is 41.2 Å². The van der Waals surface area contributed by atoms with Gasteiger partial charge in [0.05, 0.1) is 6.54 Å². The van der Waals surface area contributed by atoms with Crippen molar-refractivity contribution in [2.75, 3.05) is 0 Å². The number of hydrogen-bond donors (Lipinski definition) is 2. The third-order valence-electron chi connectivity index (χ3n) is 2.84. The van der Waals surface area contributed by atoms with Gasteiger partial charge in [0.2, 0.25) is 0 Å². The van der Waals surface area contributed by atoms with Crippen molar-refractivity contribution in [3.63, 3.8) is 0 Å². The van der Waals surface area contributed by atoms with Crippen LogP contribution in [0.5, 0.6) is 0 Å². The Hall–Kier alpha value is -2.41. The van der Waals surface area contributed by atoms with Crippen molar-refractivity contribution in [2.24, 2.45) is 0 Å². The molecule has 1 aliphatic rings. The average molecular weight is 243 g/mol. The van der Waals surface area contributed by atoms with E-state index in [0.29, 0.717) is 17.0 Å². The van der Waals surface area contributed by atoms with Gasteiger partial charge >= 0.3 is 0 Å². The predicted molar refractivity (Wildman–Crippen MR) is 59.9 cm³/mol. The number of carbonyl (C=O) groups is 2. The van der Waals surface area contributed by atoms with Crippen LogP contribution in [0.1, 0.15) is 26.5 Å². The van der Waals surface area contributed by atoms with E-state index in [0.717, 1.165) is 0 Å². The Morgan fingerprint density at radius 2 is 1.83 bits per heavy atom. The summed E-state index contributed by atoms with van der Waals surface area (Å²) in [4.78, 5) is 24.0. The van der Waals surface area contributed by atoms with Gasteiger partial charge in [0.15, 0.2) is 17.4 Å². The molecular weight excluding hydrogens is 234 g/mol. The maximum Gasteiger partial charge on any atom is 0.188 e. The number of ketones is 2. The fourth-order valence-corrected chi connectivity index (χ4v) is 1.98. The van der Waals surface area contributed by atoms with E-state index < -0.39 is 6.04 Å². The van der Waals surface area contributed by atoms with E-state index in [9.17, 15) is 9.59 Å². The number of carbonyl (C=O) groups excluding carboxylic acids is 2. The number of rotatable bonds is 3. The lowest BCUT2D eigenvalue weighted by atomic mass is 10.1. The zero-order chi connectivity index (χ0) is 12.5. The lowest BCUT2D eigenvalue weighted by Gasteiger charge is -2.06. The minimum absolute atomic E-state index is 0.209. The Balaban J connectivity index is 1.80. The van der Waals surface area contributed by atoms with E-state index in [2.05, 4.69) is 25.9 Å². The van der Waals surface area contributed by atoms with Gasteiger partial charge in [-0.3, -0.25) is 14.9 Å². The van der Waals surface area contributed by atoms with Gasteiger partial charge in [0.1, 0.15) is 6.04 Å². The Bertz CT molecular complexity index is 573. The van der Waals surface area contributed by atoms with Gasteiger partial charge in [-0.15, -0.1) is 10.2 Å². The summed E-state index contributed by atoms with van der Waals surface area (Å²) in [7, 11) is 0. The van der Waals surface area contributed by atoms with Crippen LogP contribution in [0.3, 0.4) is 0 Å². The Morgan fingerprint density at radius 1 is 1.17 bits per heavy atom. The summed E-state index contributed by atoms with van der Waals surface area (Å²) in [5.74, 6) is -0.00949. The molecule has 2 N–H and O–H groups in total. The minimum Gasteiger partial charge on any atom is -0.293 e. The molecule has 90 valence electrons. The monoisotopic (exact) mass is 243 g/mol. The molecule has 0 fully saturated rings. The first-order valence-electron chi connectivity index (χ1n) is 5.40. The van der Waals surface area contributed by atoms with Gasteiger partial charge in [0, 0.05) is 11.1 Å². The van der Waals surface area contributed by atoms with E-state index in [-0.39, 0.29) is 18.1 Å². The highest BCUT2D eigenvalue weighted by atomic mass is 16.2. The van der Waals surface area contributed by atoms with E-state index in [1.807, 2.05) is 0 Å². The summed E-state index contributed by atoms with van der Waals surface area (Å²) in [5.41, 5.74) is 0.932. The Labute approximate surface area is 102 Å². The van der Waals surface area contributed by atoms with E-state index >= 15 is 0 Å². The lowest BCUT2D eigenvalue weighted by Crippen LogP contribution is -2.38. The van der Waals surface area contributed by atoms with Crippen molar-refractivity contribution in [3.8, 4) is 0 Å². The van der Waals surface area contributed by atoms with Crippen LogP contribution in [0.15, 0.2) is 24.3 Å². The Morgan fingerprint density at radius 3 is 2.39 bits per heavy atom. The third-order valence-corrected chi connectivity index (χ3v) is 2.84. The number of benzene rings is 1. The number of tetrazole rings is 1. The minimum atomic E-state index is -0.846. The highest BCUT2D eigenvalue weighted by Gasteiger charge is 2.37. The van der Waals surface area contributed by atoms with Crippen LogP contribution in [0.4, 0.5) is 0 Å². The molecule has 0 aliphatic heterocycles. The molecule has 1 aromatic heterocycles. The second-order valence-corrected chi connectivity index (χ2v) is 3.92. The topological polar surface area (TPSA) is 101 Å². The van der Waals surface area contributed by atoms with Crippen LogP contribution in [0, 0.1) is 0 Å². The second-order valence-electron chi connectivity index (χ2n) is 3.92. The SMILES string of the molecule is O=C1c2ccccc2C(=O)C1NCc1nn[nH]n1. The van der Waals surface area contributed by atoms with Gasteiger partial charge in [0.25, 0.3) is 0 Å². The van der Waals surface area contributed by atoms with Gasteiger partial charge < -0.3 is 0 Å². The standard InChI is InChI=1S/C11H9N5O2/c17-10-6-3-1-2-4-7(6)11(18)9(10)12-5-8-13-15-16-14-8/h1-4,9,12H,5H2,(H,13,14,15,16). The van der Waals surface area contributed by atoms with E-state index in [1.165, 1.54) is 0 Å². The summed E-state index contributed by atoms with van der Waals surface area (Å²) in [5, 5.41) is 16.0. The van der Waals surface area contributed by atoms with Gasteiger partial charge in [-0.25, -0.2) is 0 Å². The average Bonchev–Trinajstić information content (AvgIpc) is 2.98. The number of fused-ring (bicyclic) bond motifs is 1. The summed E-state index contributed by atoms with van der Waals surface area (Å²) in [6.45, 7) is 0.215. The number of Topliss-reactive ketones (excluding diaryl/α,β-unsaturated/α-hetero) is 2. The molecule has 0 atom stereocenters. The molecule has 7 heteroatoms. The largest absolute Gasteiger partial charge is 0.293 e. The number of hydrogen-bond acceptors (Lipinski definition) is 6. The number of nitrogens with one attached hydrogen (secondary N) is 2. The molecule has 0 saturated heterocycles. The van der Waals surface area contributed by atoms with Crippen LogP contribution in [0.25, 0.3) is 0 Å². The quantitative estimate of drug-likeness (QED) is 0.720. The van der Waals surface area contributed by atoms with Crippen LogP contribution in [-0.2, 0) is 6.54 Å². The van der Waals surface area contributed by atoms with Crippen molar-refractivity contribution < 1.29 is 9.59 Å². The summed E-state index contributed by atoms with van der Waals surface area (Å²) in [6.07, 6.45) is 0. The number of nitrogens with zero attached hydrogens (tertiary/aromatic N) is 3. The summed E-state index contributed by atoms with van der Waals surface area (Å²) in [6, 6.07) is 5.95. The zero-order valence-electron chi connectivity index (χ0n) is 9.25. The molecule has 0 saturated carbocycles. The molecule has 1 aliphatic carbocycles. The fourth-order valence-electron chi connectivity index (χ4n) is 1.98. The van der Waals surface area contributed by atoms with Crippen molar-refractivity contribution >= 4 is 11.6 Å². The van der Waals surface area contributed by atoms with Crippen LogP contribution in [0.2, 0.25) is 0 Å². The molecule has 1 heterocycles. The first kappa shape index (κ1) is 10.7. The molecule has 0 amide bonds. The normalized spacial score (nSPS) is 15.1. The lowest BCUT2D eigenvalue weighted by molar-refractivity contribution is 0.0867. The summed E-state index contributed by atoms with van der Waals surface area (Å²) >= 11 is 0. The van der Waals surface area contributed by atoms with Crippen molar-refractivity contribution in [1.82, 2.24) is 25.9 Å². The van der Waals surface area contributed by atoms with Crippen LogP contribution in [-0.4, -0.2) is 38.2 Å². The molecule has 7 nitrogen and oxygen atoms in total. The molecule has 0 bridgehead atoms. The maximum atomic E-state index is 12.0. The first-order valence-corrected chi connectivity index (χ1v) is 5.40. The molecule has 1 aromatic carbocycles. The highest BCUT2D eigenvalue weighted by Crippen LogP contribution is 2.21. The molecule has 18 heavy (non-hydrogen) atoms. The fraction of sp³-hybridized carbons (Fsp3) is 0.182. The molecule has 0 unspecified atom stereocenters. The molecule has 3 rings (SSSR count). The Kier molecular flexibility index (Phi) is 2.45. The maximum absolute atomic E-state index is 12.0. The smallest absolute Gasteiger partial charge is 0.188 e. The number of aromatic amines is 1. The van der Waals surface area contributed by atoms with Crippen molar-refractivity contribution in [1.29, 1.82) is 0 Å². The predicted octanol–water partition coefficient (Wildman–Crippen LogP) is -0.263. The van der Waals surface area contributed by atoms with Gasteiger partial charge in [-0.2, -0.15) is 5.21 Å². The number of H-pyrrole nitrogens is 1. The third kappa shape index (κ3) is 1.61. The van der Waals surface area contributed by atoms with E-state index in [1.54, 1.807) is 24.3 Å². The summed E-state index contributed by atoms with van der Waals surface area (Å²) < 4.78 is 0. The van der Waals surface area contributed by atoms with Gasteiger partial charge in [-0.1, -0.05) is 29.5 Å². The molecule has 0 spiro atoms.